The lowest BCUT2D eigenvalue weighted by Gasteiger charge is -2.14. The fraction of sp³-hybridized carbons (Fsp3) is 0.0400. The molecule has 0 aliphatic rings. The number of benzene rings is 3. The van der Waals surface area contributed by atoms with Crippen molar-refractivity contribution < 1.29 is 0 Å². The zero-order chi connectivity index (χ0) is 24.6. The van der Waals surface area contributed by atoms with Crippen molar-refractivity contribution in [1.29, 1.82) is 5.41 Å². The Kier molecular flexibility index (Phi) is 8.20. The molecule has 0 saturated carbocycles. The van der Waals surface area contributed by atoms with Crippen LogP contribution in [0.4, 0.5) is 28.6 Å². The van der Waals surface area contributed by atoms with E-state index in [-0.39, 0.29) is 10.9 Å². The molecule has 10 heteroatoms. The van der Waals surface area contributed by atoms with Crippen molar-refractivity contribution in [1.82, 2.24) is 4.98 Å². The van der Waals surface area contributed by atoms with Gasteiger partial charge in [-0.2, -0.15) is 0 Å². The Bertz CT molecular complexity index is 1390. The zero-order valence-corrected chi connectivity index (χ0v) is 20.6. The van der Waals surface area contributed by atoms with E-state index in [4.69, 9.17) is 28.6 Å². The monoisotopic (exact) mass is 522 g/mol. The summed E-state index contributed by atoms with van der Waals surface area (Å²) in [4.78, 5) is 15.5. The van der Waals surface area contributed by atoms with Crippen molar-refractivity contribution in [3.8, 4) is 0 Å². The topological polar surface area (TPSA) is 105 Å². The Hall–Kier alpha value is -3.59. The van der Waals surface area contributed by atoms with Gasteiger partial charge in [0.15, 0.2) is 5.69 Å². The van der Waals surface area contributed by atoms with Crippen molar-refractivity contribution in [2.75, 3.05) is 10.6 Å². The number of rotatable bonds is 7. The van der Waals surface area contributed by atoms with Gasteiger partial charge in [0.25, 0.3) is 5.56 Å². The summed E-state index contributed by atoms with van der Waals surface area (Å²) in [6, 6.07) is 25.6. The van der Waals surface area contributed by atoms with Crippen LogP contribution in [0.25, 0.3) is 0 Å². The molecule has 1 heterocycles. The predicted octanol–water partition coefficient (Wildman–Crippen LogP) is 8.12. The van der Waals surface area contributed by atoms with E-state index in [1.54, 1.807) is 42.5 Å². The van der Waals surface area contributed by atoms with Crippen LogP contribution in [0.15, 0.2) is 100.0 Å². The minimum absolute atomic E-state index is 0.00355. The van der Waals surface area contributed by atoms with E-state index in [1.165, 1.54) is 11.8 Å². The molecule has 176 valence electrons. The molecule has 0 radical (unpaired) electrons. The molecule has 4 N–H and O–H groups in total. The van der Waals surface area contributed by atoms with Gasteiger partial charge in [-0.15, -0.1) is 10.2 Å². The van der Waals surface area contributed by atoms with Crippen LogP contribution in [0, 0.1) is 5.41 Å². The van der Waals surface area contributed by atoms with Crippen LogP contribution >= 0.6 is 35.0 Å². The normalized spacial score (nSPS) is 10.9. The Morgan fingerprint density at radius 2 is 1.49 bits per heavy atom. The van der Waals surface area contributed by atoms with Gasteiger partial charge in [-0.3, -0.25) is 10.2 Å². The van der Waals surface area contributed by atoms with Crippen molar-refractivity contribution in [3.05, 3.63) is 111 Å². The largest absolute Gasteiger partial charge is 0.352 e. The Balaban J connectivity index is 1.57. The lowest BCUT2D eigenvalue weighted by Crippen LogP contribution is -2.10. The summed E-state index contributed by atoms with van der Waals surface area (Å²) in [5.41, 5.74) is 2.73. The molecule has 4 rings (SSSR count). The molecule has 0 aliphatic heterocycles. The summed E-state index contributed by atoms with van der Waals surface area (Å²) in [5, 5.41) is 23.7. The number of nitrogens with one attached hydrogen (secondary N) is 4. The van der Waals surface area contributed by atoms with Gasteiger partial charge in [0, 0.05) is 27.2 Å². The van der Waals surface area contributed by atoms with Crippen LogP contribution in [0.1, 0.15) is 5.56 Å². The number of hydrogen-bond acceptors (Lipinski definition) is 6. The number of amidine groups is 1. The summed E-state index contributed by atoms with van der Waals surface area (Å²) >= 11 is 13.2. The minimum atomic E-state index is -0.451. The summed E-state index contributed by atoms with van der Waals surface area (Å²) in [5.74, 6) is 1.02. The first kappa shape index (κ1) is 24.5. The van der Waals surface area contributed by atoms with Crippen molar-refractivity contribution in [2.24, 2.45) is 10.2 Å². The van der Waals surface area contributed by atoms with Crippen LogP contribution in [0.2, 0.25) is 10.0 Å². The molecule has 0 spiro atoms. The first-order valence-electron chi connectivity index (χ1n) is 10.5. The number of pyridine rings is 1. The van der Waals surface area contributed by atoms with Crippen molar-refractivity contribution in [2.45, 2.75) is 5.75 Å². The van der Waals surface area contributed by atoms with Gasteiger partial charge in [-0.05, 0) is 60.2 Å². The molecule has 3 aromatic carbocycles. The van der Waals surface area contributed by atoms with Crippen LogP contribution in [-0.4, -0.2) is 10.2 Å². The number of halogens is 2. The second-order valence-electron chi connectivity index (χ2n) is 7.32. The third kappa shape index (κ3) is 7.19. The number of nitrogens with zero attached hydrogens (tertiary/aromatic N) is 2. The molecule has 35 heavy (non-hydrogen) atoms. The smallest absolute Gasteiger partial charge is 0.277 e. The van der Waals surface area contributed by atoms with Gasteiger partial charge < -0.3 is 15.6 Å². The molecule has 4 aromatic rings. The summed E-state index contributed by atoms with van der Waals surface area (Å²) < 4.78 is 0. The Morgan fingerprint density at radius 3 is 2.11 bits per heavy atom. The molecule has 0 saturated heterocycles. The molecular formula is C25H20Cl2N6OS. The number of hydrogen-bond donors (Lipinski definition) is 4. The highest BCUT2D eigenvalue weighted by Crippen LogP contribution is 2.29. The maximum Gasteiger partial charge on any atom is 0.277 e. The number of thioether (sulfide) groups is 1. The molecule has 7 nitrogen and oxygen atoms in total. The first-order valence-corrected chi connectivity index (χ1v) is 12.2. The van der Waals surface area contributed by atoms with Crippen LogP contribution in [-0.2, 0) is 5.75 Å². The van der Waals surface area contributed by atoms with Crippen molar-refractivity contribution >= 4 is 68.7 Å². The highest BCUT2D eigenvalue weighted by atomic mass is 35.5. The third-order valence-electron chi connectivity index (χ3n) is 4.73. The number of H-pyrrole nitrogens is 1. The van der Waals surface area contributed by atoms with Crippen molar-refractivity contribution in [3.63, 3.8) is 0 Å². The second-order valence-corrected chi connectivity index (χ2v) is 9.15. The van der Waals surface area contributed by atoms with E-state index >= 15 is 0 Å². The SMILES string of the molecule is N=C(N=Nc1cc(Nc2ccc(Cl)cc2)c(Nc2ccc(Cl)cc2)[nH]c1=O)SCc1ccccc1. The van der Waals surface area contributed by atoms with E-state index in [1.807, 2.05) is 42.5 Å². The molecule has 0 fully saturated rings. The molecular weight excluding hydrogens is 503 g/mol. The lowest BCUT2D eigenvalue weighted by atomic mass is 10.2. The summed E-state index contributed by atoms with van der Waals surface area (Å²) in [6.45, 7) is 0. The fourth-order valence-corrected chi connectivity index (χ4v) is 3.86. The van der Waals surface area contributed by atoms with Gasteiger partial charge >= 0.3 is 0 Å². The van der Waals surface area contributed by atoms with Gasteiger partial charge in [-0.25, -0.2) is 0 Å². The van der Waals surface area contributed by atoms with Crippen LogP contribution < -0.4 is 16.2 Å². The molecule has 0 bridgehead atoms. The standard InChI is InChI=1S/C25H20Cl2N6OS/c26-17-6-10-19(11-7-17)29-21-14-22(32-33-25(28)35-15-16-4-2-1-3-5-16)24(34)31-23(21)30-20-12-8-18(27)9-13-20/h1-14,28-29H,15H2,(H2,30,31,34). The average Bonchev–Trinajstić information content (AvgIpc) is 2.87. The number of aromatic amines is 1. The Labute approximate surface area is 216 Å². The third-order valence-corrected chi connectivity index (χ3v) is 6.06. The van der Waals surface area contributed by atoms with Gasteiger partial charge in [-0.1, -0.05) is 65.3 Å². The molecule has 0 aliphatic carbocycles. The van der Waals surface area contributed by atoms with Gasteiger partial charge in [0.1, 0.15) is 5.82 Å². The maximum absolute atomic E-state index is 12.7. The molecule has 0 amide bonds. The van der Waals surface area contributed by atoms with E-state index < -0.39 is 5.56 Å². The highest BCUT2D eigenvalue weighted by Gasteiger charge is 2.11. The fourth-order valence-electron chi connectivity index (χ4n) is 3.01. The Morgan fingerprint density at radius 1 is 0.886 bits per heavy atom. The number of aromatic nitrogens is 1. The van der Waals surface area contributed by atoms with Crippen LogP contribution in [0.3, 0.4) is 0 Å². The number of anilines is 4. The van der Waals surface area contributed by atoms with Crippen LogP contribution in [0.5, 0.6) is 0 Å². The van der Waals surface area contributed by atoms with E-state index in [0.29, 0.717) is 27.3 Å². The summed E-state index contributed by atoms with van der Waals surface area (Å²) in [6.07, 6.45) is 0. The van der Waals surface area contributed by atoms with Gasteiger partial charge in [0.2, 0.25) is 5.17 Å². The highest BCUT2D eigenvalue weighted by molar-refractivity contribution is 8.13. The minimum Gasteiger partial charge on any atom is -0.352 e. The molecule has 0 atom stereocenters. The van der Waals surface area contributed by atoms with Gasteiger partial charge in [0.05, 0.1) is 5.69 Å². The quantitative estimate of drug-likeness (QED) is 0.112. The zero-order valence-electron chi connectivity index (χ0n) is 18.3. The van der Waals surface area contributed by atoms with E-state index in [2.05, 4.69) is 25.8 Å². The summed E-state index contributed by atoms with van der Waals surface area (Å²) in [7, 11) is 0. The maximum atomic E-state index is 12.7. The predicted molar refractivity (Wildman–Crippen MR) is 147 cm³/mol. The second kappa shape index (κ2) is 11.7. The lowest BCUT2D eigenvalue weighted by molar-refractivity contribution is 1.17. The van der Waals surface area contributed by atoms with E-state index in [0.717, 1.165) is 16.9 Å². The molecule has 0 unspecified atom stereocenters. The van der Waals surface area contributed by atoms with E-state index in [9.17, 15) is 4.79 Å². The average molecular weight is 523 g/mol. The number of azo groups is 1. The molecule has 1 aromatic heterocycles. The first-order chi connectivity index (χ1) is 17.0.